The van der Waals surface area contributed by atoms with Crippen LogP contribution in [0.2, 0.25) is 0 Å². The van der Waals surface area contributed by atoms with Crippen molar-refractivity contribution in [2.75, 3.05) is 40.6 Å². The van der Waals surface area contributed by atoms with Crippen LogP contribution in [-0.2, 0) is 25.4 Å². The molecule has 0 radical (unpaired) electrons. The lowest BCUT2D eigenvalue weighted by atomic mass is 10.1. The number of likely N-dealkylation sites (N-methyl/N-ethyl adjacent to an activating group) is 1. The number of hydrogen-bond acceptors (Lipinski definition) is 6. The van der Waals surface area contributed by atoms with E-state index in [2.05, 4.69) is 4.90 Å². The van der Waals surface area contributed by atoms with Crippen molar-refractivity contribution in [1.29, 1.82) is 0 Å². The lowest BCUT2D eigenvalue weighted by Crippen LogP contribution is -2.36. The number of ether oxygens (including phenoxy) is 3. The summed E-state index contributed by atoms with van der Waals surface area (Å²) in [6.07, 6.45) is 2.05. The number of carbonyl (C=O) groups is 2. The minimum absolute atomic E-state index is 0.247. The predicted octanol–water partition coefficient (Wildman–Crippen LogP) is 1.88. The highest BCUT2D eigenvalue weighted by atomic mass is 16.7. The van der Waals surface area contributed by atoms with Crippen LogP contribution in [0.3, 0.4) is 0 Å². The fourth-order valence-electron chi connectivity index (χ4n) is 2.64. The third kappa shape index (κ3) is 4.00. The molecule has 0 N–H and O–H groups in total. The van der Waals surface area contributed by atoms with Gasteiger partial charge in [-0.2, -0.15) is 0 Å². The van der Waals surface area contributed by atoms with Gasteiger partial charge >= 0.3 is 12.1 Å². The van der Waals surface area contributed by atoms with Gasteiger partial charge in [0.1, 0.15) is 5.92 Å². The number of nitrogens with zero attached hydrogens (tertiary/aromatic N) is 2. The molecule has 1 saturated heterocycles. The second-order valence-corrected chi connectivity index (χ2v) is 6.32. The van der Waals surface area contributed by atoms with E-state index in [-0.39, 0.29) is 5.92 Å². The summed E-state index contributed by atoms with van der Waals surface area (Å²) in [4.78, 5) is 26.1. The number of rotatable bonds is 6. The summed E-state index contributed by atoms with van der Waals surface area (Å²) >= 11 is 0. The van der Waals surface area contributed by atoms with Crippen LogP contribution in [0.25, 0.3) is 10.9 Å². The van der Waals surface area contributed by atoms with E-state index in [4.69, 9.17) is 14.2 Å². The summed E-state index contributed by atoms with van der Waals surface area (Å²) in [5, 5.41) is 1.02. The highest BCUT2D eigenvalue weighted by molar-refractivity contribution is 5.92. The van der Waals surface area contributed by atoms with Gasteiger partial charge in [-0.25, -0.2) is 4.79 Å². The maximum absolute atomic E-state index is 12.4. The van der Waals surface area contributed by atoms with Gasteiger partial charge in [0.2, 0.25) is 6.79 Å². The summed E-state index contributed by atoms with van der Waals surface area (Å²) in [7, 11) is 4.02. The summed E-state index contributed by atoms with van der Waals surface area (Å²) in [6, 6.07) is 7.67. The molecule has 7 nitrogen and oxygen atoms in total. The molecule has 0 bridgehead atoms. The van der Waals surface area contributed by atoms with Crippen molar-refractivity contribution in [2.24, 2.45) is 5.92 Å². The van der Waals surface area contributed by atoms with Gasteiger partial charge in [0, 0.05) is 18.1 Å². The number of aromatic nitrogens is 1. The molecule has 3 rings (SSSR count). The molecule has 25 heavy (non-hydrogen) atoms. The fourth-order valence-corrected chi connectivity index (χ4v) is 2.64. The van der Waals surface area contributed by atoms with Crippen molar-refractivity contribution < 1.29 is 23.8 Å². The van der Waals surface area contributed by atoms with E-state index >= 15 is 0 Å². The van der Waals surface area contributed by atoms with Crippen molar-refractivity contribution in [2.45, 2.75) is 6.42 Å². The maximum Gasteiger partial charge on any atom is 0.421 e. The normalized spacial score (nSPS) is 14.5. The molecular weight excluding hydrogens is 324 g/mol. The molecule has 0 spiro atoms. The smallest absolute Gasteiger partial charge is 0.421 e. The van der Waals surface area contributed by atoms with Gasteiger partial charge in [0.25, 0.3) is 0 Å². The zero-order chi connectivity index (χ0) is 17.8. The van der Waals surface area contributed by atoms with Crippen molar-refractivity contribution in [3.8, 4) is 0 Å². The maximum atomic E-state index is 12.4. The Morgan fingerprint density at radius 1 is 1.24 bits per heavy atom. The first-order chi connectivity index (χ1) is 12.1. The number of hydrogen-bond donors (Lipinski definition) is 0. The van der Waals surface area contributed by atoms with E-state index in [9.17, 15) is 9.59 Å². The Labute approximate surface area is 146 Å². The molecule has 0 aliphatic carbocycles. The van der Waals surface area contributed by atoms with Crippen LogP contribution in [0.4, 0.5) is 4.79 Å². The van der Waals surface area contributed by atoms with Crippen LogP contribution in [0, 0.1) is 5.92 Å². The molecule has 0 amide bonds. The van der Waals surface area contributed by atoms with Crippen molar-refractivity contribution in [1.82, 2.24) is 9.47 Å². The highest BCUT2D eigenvalue weighted by Gasteiger charge is 2.28. The summed E-state index contributed by atoms with van der Waals surface area (Å²) in [6.45, 7) is 1.21. The molecule has 0 saturated carbocycles. The highest BCUT2D eigenvalue weighted by Crippen LogP contribution is 2.22. The Kier molecular flexibility index (Phi) is 5.35. The van der Waals surface area contributed by atoms with Crippen molar-refractivity contribution in [3.05, 3.63) is 36.0 Å². The minimum atomic E-state index is -0.565. The van der Waals surface area contributed by atoms with E-state index in [1.165, 1.54) is 4.57 Å². The minimum Gasteiger partial charge on any atom is -0.427 e. The van der Waals surface area contributed by atoms with Crippen LogP contribution >= 0.6 is 0 Å². The summed E-state index contributed by atoms with van der Waals surface area (Å²) in [5.74, 6) is -0.646. The molecular formula is C18H22N2O5. The molecule has 2 heterocycles. The molecule has 7 heteroatoms. The largest absolute Gasteiger partial charge is 0.427 e. The standard InChI is InChI=1S/C18H22N2O5/c1-19(2)8-7-13-9-20(16-6-4-3-5-15(13)16)18(22)25-12-24-17(21)14-10-23-11-14/h3-6,9,14H,7-8,10-12H2,1-2H3. The lowest BCUT2D eigenvalue weighted by Gasteiger charge is -2.23. The third-order valence-electron chi connectivity index (χ3n) is 4.17. The molecule has 0 atom stereocenters. The average Bonchev–Trinajstić information content (AvgIpc) is 2.90. The zero-order valence-corrected chi connectivity index (χ0v) is 14.4. The molecule has 1 aliphatic heterocycles. The first-order valence-electron chi connectivity index (χ1n) is 8.21. The van der Waals surface area contributed by atoms with Crippen molar-refractivity contribution in [3.63, 3.8) is 0 Å². The quantitative estimate of drug-likeness (QED) is 0.587. The number of carbonyl (C=O) groups excluding carboxylic acids is 2. The zero-order valence-electron chi connectivity index (χ0n) is 14.4. The van der Waals surface area contributed by atoms with E-state index in [1.807, 2.05) is 38.4 Å². The SMILES string of the molecule is CN(C)CCc1cn(C(=O)OCOC(=O)C2COC2)c2ccccc12. The monoisotopic (exact) mass is 346 g/mol. The second-order valence-electron chi connectivity index (χ2n) is 6.32. The Morgan fingerprint density at radius 3 is 2.68 bits per heavy atom. The molecule has 1 fully saturated rings. The van der Waals surface area contributed by atoms with Crippen molar-refractivity contribution >= 4 is 23.0 Å². The van der Waals surface area contributed by atoms with E-state index in [0.29, 0.717) is 13.2 Å². The summed E-state index contributed by atoms with van der Waals surface area (Å²) in [5.41, 5.74) is 1.85. The van der Waals surface area contributed by atoms with Gasteiger partial charge in [-0.15, -0.1) is 0 Å². The fraction of sp³-hybridized carbons (Fsp3) is 0.444. The van der Waals surface area contributed by atoms with Crippen LogP contribution in [-0.4, -0.2) is 62.2 Å². The Morgan fingerprint density at radius 2 is 2.00 bits per heavy atom. The van der Waals surface area contributed by atoms with E-state index < -0.39 is 18.9 Å². The number of benzene rings is 1. The number of para-hydroxylation sites is 1. The predicted molar refractivity (Wildman–Crippen MR) is 91.3 cm³/mol. The Hall–Kier alpha value is -2.38. The van der Waals surface area contributed by atoms with Gasteiger partial charge in [0.05, 0.1) is 18.7 Å². The van der Waals surface area contributed by atoms with Gasteiger partial charge in [-0.3, -0.25) is 9.36 Å². The second kappa shape index (κ2) is 7.67. The first-order valence-corrected chi connectivity index (χ1v) is 8.21. The van der Waals surface area contributed by atoms with E-state index in [1.54, 1.807) is 6.20 Å². The van der Waals surface area contributed by atoms with E-state index in [0.717, 1.165) is 29.4 Å². The lowest BCUT2D eigenvalue weighted by molar-refractivity contribution is -0.171. The third-order valence-corrected chi connectivity index (χ3v) is 4.17. The average molecular weight is 346 g/mol. The number of fused-ring (bicyclic) bond motifs is 1. The van der Waals surface area contributed by atoms with Gasteiger partial charge in [-0.1, -0.05) is 18.2 Å². The Balaban J connectivity index is 1.66. The van der Waals surface area contributed by atoms with Gasteiger partial charge in [-0.05, 0) is 32.1 Å². The number of esters is 1. The molecule has 134 valence electrons. The molecule has 1 aliphatic rings. The van der Waals surface area contributed by atoms with Crippen LogP contribution in [0.15, 0.2) is 30.5 Å². The summed E-state index contributed by atoms with van der Waals surface area (Å²) < 4.78 is 16.4. The van der Waals surface area contributed by atoms with Crippen LogP contribution < -0.4 is 0 Å². The molecule has 1 aromatic carbocycles. The van der Waals surface area contributed by atoms with Crippen LogP contribution in [0.1, 0.15) is 5.56 Å². The topological polar surface area (TPSA) is 70.0 Å². The first kappa shape index (κ1) is 17.4. The van der Waals surface area contributed by atoms with Gasteiger partial charge in [0.15, 0.2) is 0 Å². The molecule has 1 aromatic heterocycles. The Bertz CT molecular complexity index is 764. The van der Waals surface area contributed by atoms with Gasteiger partial charge < -0.3 is 19.1 Å². The van der Waals surface area contributed by atoms with Crippen LogP contribution in [0.5, 0.6) is 0 Å². The molecule has 2 aromatic rings. The molecule has 0 unspecified atom stereocenters.